The van der Waals surface area contributed by atoms with Crippen molar-refractivity contribution in [2.75, 3.05) is 5.32 Å². The van der Waals surface area contributed by atoms with E-state index in [-0.39, 0.29) is 5.82 Å². The fourth-order valence-electron chi connectivity index (χ4n) is 2.09. The molecule has 18 heavy (non-hydrogen) atoms. The molecule has 3 rings (SSSR count). The standard InChI is InChI=1S/C11H8F3N3O/c12-11(13,14)9-16-10(18)15-8-7-4-2-1-3-6(7)5-17(8)9/h1-5,9H,(H2,15,16,18). The monoisotopic (exact) mass is 255 g/mol. The molecule has 1 aromatic heterocycles. The van der Waals surface area contributed by atoms with Gasteiger partial charge in [-0.05, 0) is 0 Å². The van der Waals surface area contributed by atoms with Crippen LogP contribution in [0.15, 0.2) is 30.5 Å². The van der Waals surface area contributed by atoms with E-state index < -0.39 is 18.4 Å². The number of nitrogens with one attached hydrogen (secondary N) is 2. The lowest BCUT2D eigenvalue weighted by Crippen LogP contribution is -2.47. The third kappa shape index (κ3) is 1.51. The fraction of sp³-hybridized carbons (Fsp3) is 0.182. The van der Waals surface area contributed by atoms with Gasteiger partial charge in [-0.25, -0.2) is 4.79 Å². The maximum atomic E-state index is 12.9. The highest BCUT2D eigenvalue weighted by Crippen LogP contribution is 2.37. The average Bonchev–Trinajstić information content (AvgIpc) is 2.65. The van der Waals surface area contributed by atoms with Gasteiger partial charge in [0.05, 0.1) is 0 Å². The molecule has 2 amide bonds. The quantitative estimate of drug-likeness (QED) is 0.747. The Morgan fingerprint density at radius 1 is 1.22 bits per heavy atom. The molecule has 2 aromatic rings. The van der Waals surface area contributed by atoms with Crippen molar-refractivity contribution in [1.29, 1.82) is 0 Å². The highest BCUT2D eigenvalue weighted by molar-refractivity contribution is 6.02. The smallest absolute Gasteiger partial charge is 0.309 e. The van der Waals surface area contributed by atoms with Gasteiger partial charge in [-0.15, -0.1) is 0 Å². The first kappa shape index (κ1) is 10.9. The van der Waals surface area contributed by atoms with Crippen LogP contribution in [0.3, 0.4) is 0 Å². The number of benzene rings is 1. The van der Waals surface area contributed by atoms with Crippen LogP contribution >= 0.6 is 0 Å². The Kier molecular flexibility index (Phi) is 2.07. The number of hydrogen-bond donors (Lipinski definition) is 2. The third-order valence-electron chi connectivity index (χ3n) is 2.84. The summed E-state index contributed by atoms with van der Waals surface area (Å²) in [5, 5.41) is 5.49. The molecule has 7 heteroatoms. The van der Waals surface area contributed by atoms with Gasteiger partial charge in [0, 0.05) is 17.0 Å². The molecule has 0 bridgehead atoms. The van der Waals surface area contributed by atoms with Crippen LogP contribution in [0.25, 0.3) is 10.8 Å². The molecule has 1 aromatic carbocycles. The molecule has 0 spiro atoms. The molecule has 0 saturated carbocycles. The van der Waals surface area contributed by atoms with E-state index in [0.717, 1.165) is 4.57 Å². The molecule has 0 saturated heterocycles. The van der Waals surface area contributed by atoms with Gasteiger partial charge in [0.25, 0.3) is 0 Å². The molecule has 1 atom stereocenters. The molecular formula is C11H8F3N3O. The van der Waals surface area contributed by atoms with E-state index in [2.05, 4.69) is 5.32 Å². The van der Waals surface area contributed by atoms with Crippen molar-refractivity contribution in [3.63, 3.8) is 0 Å². The van der Waals surface area contributed by atoms with Crippen LogP contribution in [0.4, 0.5) is 23.8 Å². The Balaban J connectivity index is 2.25. The normalized spacial score (nSPS) is 19.3. The van der Waals surface area contributed by atoms with Crippen molar-refractivity contribution in [1.82, 2.24) is 9.88 Å². The van der Waals surface area contributed by atoms with E-state index in [4.69, 9.17) is 0 Å². The van der Waals surface area contributed by atoms with Crippen molar-refractivity contribution in [3.05, 3.63) is 30.5 Å². The summed E-state index contributed by atoms with van der Waals surface area (Å²) < 4.78 is 39.6. The number of hydrogen-bond acceptors (Lipinski definition) is 1. The number of nitrogens with zero attached hydrogens (tertiary/aromatic N) is 1. The maximum absolute atomic E-state index is 12.9. The van der Waals surface area contributed by atoms with Crippen molar-refractivity contribution in [2.45, 2.75) is 12.3 Å². The Morgan fingerprint density at radius 2 is 1.94 bits per heavy atom. The second-order valence-corrected chi connectivity index (χ2v) is 4.01. The maximum Gasteiger partial charge on any atom is 0.427 e. The topological polar surface area (TPSA) is 46.1 Å². The van der Waals surface area contributed by atoms with Crippen LogP contribution in [0.5, 0.6) is 0 Å². The van der Waals surface area contributed by atoms with Crippen molar-refractivity contribution in [3.8, 4) is 0 Å². The van der Waals surface area contributed by atoms with E-state index in [9.17, 15) is 18.0 Å². The first-order valence-corrected chi connectivity index (χ1v) is 5.20. The van der Waals surface area contributed by atoms with Crippen LogP contribution in [-0.4, -0.2) is 16.8 Å². The van der Waals surface area contributed by atoms with Crippen LogP contribution in [-0.2, 0) is 0 Å². The minimum absolute atomic E-state index is 0.164. The zero-order valence-electron chi connectivity index (χ0n) is 8.95. The minimum Gasteiger partial charge on any atom is -0.309 e. The molecular weight excluding hydrogens is 247 g/mol. The number of aromatic nitrogens is 1. The lowest BCUT2D eigenvalue weighted by atomic mass is 10.2. The predicted molar refractivity (Wildman–Crippen MR) is 59.2 cm³/mol. The molecule has 1 aliphatic rings. The average molecular weight is 255 g/mol. The second-order valence-electron chi connectivity index (χ2n) is 4.01. The summed E-state index contributed by atoms with van der Waals surface area (Å²) in [7, 11) is 0. The van der Waals surface area contributed by atoms with Crippen LogP contribution in [0.2, 0.25) is 0 Å². The number of carbonyl (C=O) groups excluding carboxylic acids is 1. The number of halogens is 3. The van der Waals surface area contributed by atoms with E-state index in [1.54, 1.807) is 24.3 Å². The highest BCUT2D eigenvalue weighted by atomic mass is 19.4. The Morgan fingerprint density at radius 3 is 2.67 bits per heavy atom. The molecule has 0 radical (unpaired) electrons. The molecule has 1 unspecified atom stereocenters. The lowest BCUT2D eigenvalue weighted by molar-refractivity contribution is -0.172. The number of urea groups is 1. The van der Waals surface area contributed by atoms with Gasteiger partial charge in [-0.2, -0.15) is 13.2 Å². The van der Waals surface area contributed by atoms with Crippen molar-refractivity contribution < 1.29 is 18.0 Å². The third-order valence-corrected chi connectivity index (χ3v) is 2.84. The van der Waals surface area contributed by atoms with Crippen LogP contribution in [0, 0.1) is 0 Å². The highest BCUT2D eigenvalue weighted by Gasteiger charge is 2.45. The van der Waals surface area contributed by atoms with Gasteiger partial charge in [0.1, 0.15) is 5.82 Å². The van der Waals surface area contributed by atoms with Gasteiger partial charge in [-0.1, -0.05) is 24.3 Å². The number of alkyl halides is 3. The van der Waals surface area contributed by atoms with E-state index in [0.29, 0.717) is 10.8 Å². The molecule has 4 nitrogen and oxygen atoms in total. The Bertz CT molecular complexity index is 632. The largest absolute Gasteiger partial charge is 0.427 e. The van der Waals surface area contributed by atoms with Gasteiger partial charge in [-0.3, -0.25) is 5.32 Å². The van der Waals surface area contributed by atoms with Crippen molar-refractivity contribution >= 4 is 22.6 Å². The molecule has 0 fully saturated rings. The summed E-state index contributed by atoms with van der Waals surface area (Å²) >= 11 is 0. The lowest BCUT2D eigenvalue weighted by Gasteiger charge is -2.29. The number of anilines is 1. The Hall–Kier alpha value is -2.18. The zero-order valence-corrected chi connectivity index (χ0v) is 8.95. The van der Waals surface area contributed by atoms with E-state index in [1.165, 1.54) is 6.20 Å². The van der Waals surface area contributed by atoms with Gasteiger partial charge < -0.3 is 9.88 Å². The number of rotatable bonds is 0. The SMILES string of the molecule is O=C1Nc2c3ccccc3cn2C(C(F)(F)F)N1. The number of carbonyl (C=O) groups is 1. The van der Waals surface area contributed by atoms with Gasteiger partial charge in [0.2, 0.25) is 6.17 Å². The second kappa shape index (κ2) is 3.41. The molecule has 1 aliphatic heterocycles. The summed E-state index contributed by atoms with van der Waals surface area (Å²) in [4.78, 5) is 11.3. The van der Waals surface area contributed by atoms with Crippen LogP contribution < -0.4 is 10.6 Å². The van der Waals surface area contributed by atoms with E-state index in [1.807, 2.05) is 5.32 Å². The fourth-order valence-corrected chi connectivity index (χ4v) is 2.09. The number of amides is 2. The predicted octanol–water partition coefficient (Wildman–Crippen LogP) is 2.84. The summed E-state index contributed by atoms with van der Waals surface area (Å²) in [5.74, 6) is 0.164. The molecule has 2 heterocycles. The summed E-state index contributed by atoms with van der Waals surface area (Å²) in [6, 6.07) is 5.95. The first-order chi connectivity index (χ1) is 8.47. The van der Waals surface area contributed by atoms with Crippen LogP contribution in [0.1, 0.15) is 6.17 Å². The summed E-state index contributed by atoms with van der Waals surface area (Å²) in [6.07, 6.45) is -5.20. The van der Waals surface area contributed by atoms with Gasteiger partial charge >= 0.3 is 12.2 Å². The van der Waals surface area contributed by atoms with Crippen molar-refractivity contribution in [2.24, 2.45) is 0 Å². The van der Waals surface area contributed by atoms with Gasteiger partial charge in [0.15, 0.2) is 0 Å². The minimum atomic E-state index is -4.54. The Labute approximate surface area is 99.4 Å². The number of fused-ring (bicyclic) bond motifs is 3. The van der Waals surface area contributed by atoms with E-state index >= 15 is 0 Å². The zero-order chi connectivity index (χ0) is 12.9. The molecule has 94 valence electrons. The molecule has 0 aliphatic carbocycles. The summed E-state index contributed by atoms with van der Waals surface area (Å²) in [5.41, 5.74) is 0. The molecule has 2 N–H and O–H groups in total. The first-order valence-electron chi connectivity index (χ1n) is 5.20. The summed E-state index contributed by atoms with van der Waals surface area (Å²) in [6.45, 7) is 0.